The van der Waals surface area contributed by atoms with Crippen LogP contribution in [0.25, 0.3) is 0 Å². The van der Waals surface area contributed by atoms with Crippen molar-refractivity contribution in [2.24, 2.45) is 0 Å². The molecular formula is C9H15NO6. The van der Waals surface area contributed by atoms with E-state index in [1.54, 1.807) is 0 Å². The van der Waals surface area contributed by atoms with Gasteiger partial charge in [0.25, 0.3) is 0 Å². The lowest BCUT2D eigenvalue weighted by atomic mass is 9.84. The number of aliphatic hydroxyl groups is 4. The molecule has 0 aromatic carbocycles. The van der Waals surface area contributed by atoms with Crippen molar-refractivity contribution in [2.45, 2.75) is 36.4 Å². The first-order valence-electron chi connectivity index (χ1n) is 5.10. The highest BCUT2D eigenvalue weighted by Gasteiger charge is 2.56. The minimum absolute atomic E-state index is 0.0628. The standard InChI is InChI=1S/C9H15NO6/c11-2-4-6(13)7(14)8(15)9(16-4)1-5(12)10-3-9/h4,6-8,11,13-15H,1-3H2,(H,10,12)/t4-,6+,7+,8-,9-/m1/s1. The smallest absolute Gasteiger partial charge is 0.223 e. The number of hydrogen-bond acceptors (Lipinski definition) is 6. The largest absolute Gasteiger partial charge is 0.394 e. The number of carbonyl (C=O) groups is 1. The summed E-state index contributed by atoms with van der Waals surface area (Å²) in [6, 6.07) is 0. The van der Waals surface area contributed by atoms with E-state index in [-0.39, 0.29) is 18.9 Å². The van der Waals surface area contributed by atoms with Crippen molar-refractivity contribution in [3.63, 3.8) is 0 Å². The van der Waals surface area contributed by atoms with E-state index in [0.29, 0.717) is 0 Å². The minimum atomic E-state index is -1.43. The summed E-state index contributed by atoms with van der Waals surface area (Å²) in [7, 11) is 0. The van der Waals surface area contributed by atoms with Crippen LogP contribution < -0.4 is 5.32 Å². The van der Waals surface area contributed by atoms with Gasteiger partial charge in [-0.3, -0.25) is 4.79 Å². The molecule has 2 heterocycles. The fourth-order valence-electron chi connectivity index (χ4n) is 2.24. The first-order chi connectivity index (χ1) is 7.50. The average Bonchev–Trinajstić information content (AvgIpc) is 2.64. The number of amides is 1. The second-order valence-corrected chi connectivity index (χ2v) is 4.28. The molecule has 16 heavy (non-hydrogen) atoms. The van der Waals surface area contributed by atoms with Gasteiger partial charge in [-0.15, -0.1) is 0 Å². The number of carbonyl (C=O) groups excluding carboxylic acids is 1. The molecule has 2 saturated heterocycles. The molecule has 0 aliphatic carbocycles. The molecule has 92 valence electrons. The van der Waals surface area contributed by atoms with Crippen LogP contribution in [0, 0.1) is 0 Å². The van der Waals surface area contributed by atoms with Gasteiger partial charge in [0.05, 0.1) is 13.0 Å². The van der Waals surface area contributed by atoms with E-state index < -0.39 is 36.6 Å². The van der Waals surface area contributed by atoms with Crippen LogP contribution in [0.1, 0.15) is 6.42 Å². The molecule has 5 atom stereocenters. The lowest BCUT2D eigenvalue weighted by Crippen LogP contribution is -2.65. The Morgan fingerprint density at radius 2 is 2.06 bits per heavy atom. The van der Waals surface area contributed by atoms with Crippen molar-refractivity contribution in [3.8, 4) is 0 Å². The second kappa shape index (κ2) is 3.94. The van der Waals surface area contributed by atoms with Crippen LogP contribution in [-0.4, -0.2) is 69.5 Å². The summed E-state index contributed by atoms with van der Waals surface area (Å²) in [5, 5.41) is 40.5. The van der Waals surface area contributed by atoms with Gasteiger partial charge in [-0.25, -0.2) is 0 Å². The summed E-state index contributed by atoms with van der Waals surface area (Å²) in [5.41, 5.74) is -1.25. The molecule has 0 bridgehead atoms. The molecule has 5 N–H and O–H groups in total. The fraction of sp³-hybridized carbons (Fsp3) is 0.889. The van der Waals surface area contributed by atoms with E-state index in [9.17, 15) is 20.1 Å². The lowest BCUT2D eigenvalue weighted by Gasteiger charge is -2.45. The van der Waals surface area contributed by atoms with Crippen LogP contribution in [0.2, 0.25) is 0 Å². The van der Waals surface area contributed by atoms with Crippen LogP contribution in [0.3, 0.4) is 0 Å². The Labute approximate surface area is 91.6 Å². The van der Waals surface area contributed by atoms with Gasteiger partial charge in [0.15, 0.2) is 0 Å². The van der Waals surface area contributed by atoms with Gasteiger partial charge < -0.3 is 30.5 Å². The molecule has 2 rings (SSSR count). The Hall–Kier alpha value is -0.730. The molecule has 1 spiro atoms. The maximum Gasteiger partial charge on any atom is 0.223 e. The van der Waals surface area contributed by atoms with Gasteiger partial charge in [0, 0.05) is 6.54 Å². The zero-order valence-corrected chi connectivity index (χ0v) is 8.54. The molecular weight excluding hydrogens is 218 g/mol. The maximum atomic E-state index is 11.1. The third kappa shape index (κ3) is 1.61. The monoisotopic (exact) mass is 233 g/mol. The average molecular weight is 233 g/mol. The molecule has 7 heteroatoms. The van der Waals surface area contributed by atoms with Crippen molar-refractivity contribution in [1.29, 1.82) is 0 Å². The summed E-state index contributed by atoms with van der Waals surface area (Å²) >= 11 is 0. The fourth-order valence-corrected chi connectivity index (χ4v) is 2.24. The molecule has 0 unspecified atom stereocenters. The highest BCUT2D eigenvalue weighted by atomic mass is 16.6. The van der Waals surface area contributed by atoms with Crippen LogP contribution in [0.5, 0.6) is 0 Å². The van der Waals surface area contributed by atoms with Gasteiger partial charge in [-0.1, -0.05) is 0 Å². The zero-order chi connectivity index (χ0) is 11.9. The molecule has 0 saturated carbocycles. The van der Waals surface area contributed by atoms with Gasteiger partial charge in [0.2, 0.25) is 5.91 Å². The van der Waals surface area contributed by atoms with Gasteiger partial charge in [-0.05, 0) is 0 Å². The summed E-state index contributed by atoms with van der Waals surface area (Å²) in [5.74, 6) is -0.292. The predicted molar refractivity (Wildman–Crippen MR) is 50.3 cm³/mol. The summed E-state index contributed by atoms with van der Waals surface area (Å²) in [6.45, 7) is -0.422. The minimum Gasteiger partial charge on any atom is -0.394 e. The molecule has 0 aromatic heterocycles. The van der Waals surface area contributed by atoms with Gasteiger partial charge in [-0.2, -0.15) is 0 Å². The Morgan fingerprint density at radius 1 is 1.38 bits per heavy atom. The number of rotatable bonds is 1. The number of ether oxygens (including phenoxy) is 1. The first-order valence-corrected chi connectivity index (χ1v) is 5.10. The predicted octanol–water partition coefficient (Wildman–Crippen LogP) is -3.28. The molecule has 0 aromatic rings. The van der Waals surface area contributed by atoms with E-state index in [0.717, 1.165) is 0 Å². The Balaban J connectivity index is 2.23. The van der Waals surface area contributed by atoms with Crippen LogP contribution in [0.4, 0.5) is 0 Å². The Morgan fingerprint density at radius 3 is 2.56 bits per heavy atom. The van der Waals surface area contributed by atoms with Gasteiger partial charge >= 0.3 is 0 Å². The van der Waals surface area contributed by atoms with Crippen molar-refractivity contribution in [2.75, 3.05) is 13.2 Å². The van der Waals surface area contributed by atoms with Crippen LogP contribution >= 0.6 is 0 Å². The second-order valence-electron chi connectivity index (χ2n) is 4.28. The third-order valence-electron chi connectivity index (χ3n) is 3.20. The number of hydrogen-bond donors (Lipinski definition) is 5. The molecule has 0 radical (unpaired) electrons. The van der Waals surface area contributed by atoms with Crippen molar-refractivity contribution in [3.05, 3.63) is 0 Å². The van der Waals surface area contributed by atoms with E-state index in [4.69, 9.17) is 9.84 Å². The quantitative estimate of drug-likeness (QED) is 0.324. The van der Waals surface area contributed by atoms with Crippen molar-refractivity contribution >= 4 is 5.91 Å². The molecule has 2 aliphatic heterocycles. The highest BCUT2D eigenvalue weighted by Crippen LogP contribution is 2.34. The van der Waals surface area contributed by atoms with Crippen LogP contribution in [0.15, 0.2) is 0 Å². The first kappa shape index (κ1) is 11.7. The topological polar surface area (TPSA) is 119 Å². The molecule has 7 nitrogen and oxygen atoms in total. The van der Waals surface area contributed by atoms with E-state index in [1.165, 1.54) is 0 Å². The summed E-state index contributed by atoms with van der Waals surface area (Å²) in [6.07, 6.45) is -5.23. The molecule has 1 amide bonds. The third-order valence-corrected chi connectivity index (χ3v) is 3.20. The van der Waals surface area contributed by atoms with Crippen LogP contribution in [-0.2, 0) is 9.53 Å². The van der Waals surface area contributed by atoms with Gasteiger partial charge in [0.1, 0.15) is 30.0 Å². The Bertz CT molecular complexity index is 296. The van der Waals surface area contributed by atoms with E-state index >= 15 is 0 Å². The summed E-state index contributed by atoms with van der Waals surface area (Å²) in [4.78, 5) is 11.1. The van der Waals surface area contributed by atoms with E-state index in [1.807, 2.05) is 0 Å². The number of aliphatic hydroxyl groups excluding tert-OH is 4. The highest BCUT2D eigenvalue weighted by molar-refractivity contribution is 5.80. The lowest BCUT2D eigenvalue weighted by molar-refractivity contribution is -0.266. The Kier molecular flexibility index (Phi) is 2.89. The maximum absolute atomic E-state index is 11.1. The normalized spacial score (nSPS) is 48.4. The number of nitrogens with one attached hydrogen (secondary N) is 1. The molecule has 2 fully saturated rings. The van der Waals surface area contributed by atoms with E-state index in [2.05, 4.69) is 5.32 Å². The van der Waals surface area contributed by atoms with Crippen molar-refractivity contribution < 1.29 is 30.0 Å². The molecule has 2 aliphatic rings. The zero-order valence-electron chi connectivity index (χ0n) is 8.54. The SMILES string of the molecule is O=C1C[C@]2(CN1)O[C@H](CO)[C@H](O)[C@H](O)[C@H]2O. The van der Waals surface area contributed by atoms with Crippen molar-refractivity contribution in [1.82, 2.24) is 5.32 Å². The summed E-state index contributed by atoms with van der Waals surface area (Å²) < 4.78 is 5.36.